The number of amides is 2. The van der Waals surface area contributed by atoms with Gasteiger partial charge in [0, 0.05) is 19.3 Å². The van der Waals surface area contributed by atoms with Gasteiger partial charge in [0.1, 0.15) is 17.7 Å². The molecule has 0 saturated heterocycles. The van der Waals surface area contributed by atoms with E-state index in [1.54, 1.807) is 20.8 Å². The van der Waals surface area contributed by atoms with Gasteiger partial charge in [-0.05, 0) is 40.0 Å². The Morgan fingerprint density at radius 1 is 0.625 bits per heavy atom. The summed E-state index contributed by atoms with van der Waals surface area (Å²) in [5.74, 6) is -4.14. The summed E-state index contributed by atoms with van der Waals surface area (Å²) in [4.78, 5) is 59.6. The molecule has 0 fully saturated rings. The van der Waals surface area contributed by atoms with Crippen LogP contribution in [0.15, 0.2) is 0 Å². The van der Waals surface area contributed by atoms with E-state index in [0.717, 1.165) is 19.3 Å². The highest BCUT2D eigenvalue weighted by atomic mass is 16.6. The highest BCUT2D eigenvalue weighted by Gasteiger charge is 2.28. The summed E-state index contributed by atoms with van der Waals surface area (Å²) < 4.78 is 5.39. The zero-order valence-corrected chi connectivity index (χ0v) is 25.2. The molecule has 0 aliphatic carbocycles. The fraction of sp³-hybridized carbons (Fsp3) is 0.833. The van der Waals surface area contributed by atoms with Gasteiger partial charge in [0.05, 0.1) is 0 Å². The summed E-state index contributed by atoms with van der Waals surface area (Å²) in [7, 11) is 0. The normalized spacial score (nSPS) is 12.8. The summed E-state index contributed by atoms with van der Waals surface area (Å²) in [6.45, 7) is 7.33. The van der Waals surface area contributed by atoms with Gasteiger partial charge in [-0.2, -0.15) is 0 Å². The maximum absolute atomic E-state index is 12.7. The van der Waals surface area contributed by atoms with Crippen LogP contribution in [-0.4, -0.2) is 57.6 Å². The lowest BCUT2D eigenvalue weighted by Gasteiger charge is -2.24. The maximum atomic E-state index is 12.7. The third-order valence-electron chi connectivity index (χ3n) is 6.47. The van der Waals surface area contributed by atoms with Crippen LogP contribution in [0, 0.1) is 0 Å². The third-order valence-corrected chi connectivity index (χ3v) is 6.47. The number of unbranched alkanes of at least 4 members (excludes halogenated alkanes) is 12. The van der Waals surface area contributed by atoms with E-state index in [2.05, 4.69) is 17.6 Å². The predicted molar refractivity (Wildman–Crippen MR) is 154 cm³/mol. The van der Waals surface area contributed by atoms with Crippen LogP contribution >= 0.6 is 0 Å². The number of carboxylic acid groups (broad SMARTS) is 2. The van der Waals surface area contributed by atoms with Crippen molar-refractivity contribution in [3.8, 4) is 0 Å². The molecule has 2 atom stereocenters. The van der Waals surface area contributed by atoms with E-state index in [1.165, 1.54) is 57.8 Å². The highest BCUT2D eigenvalue weighted by molar-refractivity contribution is 5.86. The lowest BCUT2D eigenvalue weighted by Crippen LogP contribution is -2.46. The topological polar surface area (TPSA) is 159 Å². The first kappa shape index (κ1) is 37.4. The van der Waals surface area contributed by atoms with Crippen molar-refractivity contribution in [2.45, 2.75) is 161 Å². The Kier molecular flexibility index (Phi) is 20.6. The predicted octanol–water partition coefficient (Wildman–Crippen LogP) is 5.51. The SMILES string of the molecule is CCCCCCCCCCCCCCCC(=O)N[C@@H](CCC(=O)N[C@@H](CCC(=O)O)C(=O)O)C(=O)OC(C)(C)C. The fourth-order valence-electron chi connectivity index (χ4n) is 4.26. The molecule has 10 heteroatoms. The number of esters is 1. The molecule has 10 nitrogen and oxygen atoms in total. The van der Waals surface area contributed by atoms with Crippen LogP contribution in [0.5, 0.6) is 0 Å². The summed E-state index contributed by atoms with van der Waals surface area (Å²) in [6, 6.07) is -2.41. The van der Waals surface area contributed by atoms with Crippen molar-refractivity contribution in [3.63, 3.8) is 0 Å². The molecule has 0 rings (SSSR count). The van der Waals surface area contributed by atoms with E-state index in [-0.39, 0.29) is 31.6 Å². The molecule has 0 aromatic rings. The van der Waals surface area contributed by atoms with Crippen LogP contribution in [0.1, 0.15) is 143 Å². The Balaban J connectivity index is 4.47. The van der Waals surface area contributed by atoms with Gasteiger partial charge in [0.15, 0.2) is 0 Å². The number of carbonyl (C=O) groups excluding carboxylic acids is 3. The number of aliphatic carboxylic acids is 2. The molecule has 0 aromatic heterocycles. The molecule has 0 heterocycles. The molecule has 0 aromatic carbocycles. The highest BCUT2D eigenvalue weighted by Crippen LogP contribution is 2.14. The monoisotopic (exact) mass is 570 g/mol. The molecule has 0 unspecified atom stereocenters. The smallest absolute Gasteiger partial charge is 0.329 e. The van der Waals surface area contributed by atoms with Gasteiger partial charge < -0.3 is 25.6 Å². The molecule has 40 heavy (non-hydrogen) atoms. The van der Waals surface area contributed by atoms with E-state index in [9.17, 15) is 29.1 Å². The Bertz CT molecular complexity index is 763. The van der Waals surface area contributed by atoms with Gasteiger partial charge in [0.2, 0.25) is 11.8 Å². The second-order valence-corrected chi connectivity index (χ2v) is 11.6. The summed E-state index contributed by atoms with van der Waals surface area (Å²) >= 11 is 0. The first-order valence-electron chi connectivity index (χ1n) is 15.1. The van der Waals surface area contributed by atoms with Crippen LogP contribution in [0.2, 0.25) is 0 Å². The van der Waals surface area contributed by atoms with E-state index >= 15 is 0 Å². The zero-order chi connectivity index (χ0) is 30.4. The van der Waals surface area contributed by atoms with Gasteiger partial charge in [-0.1, -0.05) is 84.0 Å². The Morgan fingerprint density at radius 2 is 1.05 bits per heavy atom. The van der Waals surface area contributed by atoms with Crippen molar-refractivity contribution in [2.75, 3.05) is 0 Å². The van der Waals surface area contributed by atoms with Gasteiger partial charge >= 0.3 is 17.9 Å². The summed E-state index contributed by atoms with van der Waals surface area (Å²) in [5.41, 5.74) is -0.789. The minimum atomic E-state index is -1.35. The quantitative estimate of drug-likeness (QED) is 0.0873. The second-order valence-electron chi connectivity index (χ2n) is 11.6. The van der Waals surface area contributed by atoms with Crippen molar-refractivity contribution < 1.29 is 38.9 Å². The number of hydrogen-bond donors (Lipinski definition) is 4. The molecule has 4 N–H and O–H groups in total. The number of hydrogen-bond acceptors (Lipinski definition) is 6. The molecule has 2 amide bonds. The fourth-order valence-corrected chi connectivity index (χ4v) is 4.26. The molecule has 0 spiro atoms. The standard InChI is InChI=1S/C30H54N2O8/c1-5-6-7-8-9-10-11-12-13-14-15-16-17-18-25(33)32-24(29(39)40-30(2,3)4)19-21-26(34)31-23(28(37)38)20-22-27(35)36/h23-24H,5-22H2,1-4H3,(H,31,34)(H,32,33)(H,35,36)(H,37,38)/t23-,24-/m0/s1. The van der Waals surface area contributed by atoms with Crippen LogP contribution < -0.4 is 10.6 Å². The lowest BCUT2D eigenvalue weighted by atomic mass is 10.0. The number of rotatable bonds is 24. The van der Waals surface area contributed by atoms with Gasteiger partial charge in [-0.15, -0.1) is 0 Å². The van der Waals surface area contributed by atoms with E-state index in [1.807, 2.05) is 0 Å². The average molecular weight is 571 g/mol. The average Bonchev–Trinajstić information content (AvgIpc) is 2.85. The number of ether oxygens (including phenoxy) is 1. The van der Waals surface area contributed by atoms with Gasteiger partial charge in [0.25, 0.3) is 0 Å². The second kappa shape index (κ2) is 22.1. The summed E-state index contributed by atoms with van der Waals surface area (Å²) in [5, 5.41) is 22.9. The Hall–Kier alpha value is -2.65. The van der Waals surface area contributed by atoms with E-state index in [0.29, 0.717) is 6.42 Å². The maximum Gasteiger partial charge on any atom is 0.329 e. The van der Waals surface area contributed by atoms with Crippen molar-refractivity contribution >= 4 is 29.7 Å². The molecule has 0 aliphatic heterocycles. The molecular weight excluding hydrogens is 516 g/mol. The number of carbonyl (C=O) groups is 5. The van der Waals surface area contributed by atoms with Crippen molar-refractivity contribution in [2.24, 2.45) is 0 Å². The Morgan fingerprint density at radius 3 is 1.50 bits per heavy atom. The molecular formula is C30H54N2O8. The molecule has 0 saturated carbocycles. The van der Waals surface area contributed by atoms with Crippen molar-refractivity contribution in [1.82, 2.24) is 10.6 Å². The zero-order valence-electron chi connectivity index (χ0n) is 25.2. The minimum Gasteiger partial charge on any atom is -0.481 e. The van der Waals surface area contributed by atoms with Crippen LogP contribution in [0.3, 0.4) is 0 Å². The van der Waals surface area contributed by atoms with Crippen molar-refractivity contribution in [3.05, 3.63) is 0 Å². The summed E-state index contributed by atoms with van der Waals surface area (Å²) in [6.07, 6.45) is 14.8. The van der Waals surface area contributed by atoms with Crippen LogP contribution in [-0.2, 0) is 28.7 Å². The van der Waals surface area contributed by atoms with Gasteiger partial charge in [-0.3, -0.25) is 14.4 Å². The lowest BCUT2D eigenvalue weighted by molar-refractivity contribution is -0.159. The Labute approximate surface area is 240 Å². The molecule has 0 aliphatic rings. The number of nitrogens with one attached hydrogen (secondary N) is 2. The number of carboxylic acids is 2. The van der Waals surface area contributed by atoms with Crippen LogP contribution in [0.4, 0.5) is 0 Å². The first-order valence-corrected chi connectivity index (χ1v) is 15.1. The van der Waals surface area contributed by atoms with Crippen LogP contribution in [0.25, 0.3) is 0 Å². The minimum absolute atomic E-state index is 0.0731. The van der Waals surface area contributed by atoms with E-state index < -0.39 is 47.9 Å². The van der Waals surface area contributed by atoms with E-state index in [4.69, 9.17) is 9.84 Å². The van der Waals surface area contributed by atoms with Crippen molar-refractivity contribution in [1.29, 1.82) is 0 Å². The molecule has 232 valence electrons. The molecule has 0 bridgehead atoms. The third kappa shape index (κ3) is 22.2. The van der Waals surface area contributed by atoms with Gasteiger partial charge in [-0.25, -0.2) is 9.59 Å². The first-order chi connectivity index (χ1) is 18.9. The largest absolute Gasteiger partial charge is 0.481 e. The molecule has 0 radical (unpaired) electrons.